The van der Waals surface area contributed by atoms with Gasteiger partial charge in [0.05, 0.1) is 5.56 Å². The Morgan fingerprint density at radius 1 is 1.05 bits per heavy atom. The van der Waals surface area contributed by atoms with Gasteiger partial charge in [0.25, 0.3) is 5.91 Å². The summed E-state index contributed by atoms with van der Waals surface area (Å²) >= 11 is 0.591. The minimum atomic E-state index is -4.65. The lowest BCUT2D eigenvalue weighted by Gasteiger charge is -2.10. The summed E-state index contributed by atoms with van der Waals surface area (Å²) in [7, 11) is 0. The predicted octanol–water partition coefficient (Wildman–Crippen LogP) is 4.39. The van der Waals surface area contributed by atoms with E-state index in [1.807, 2.05) is 0 Å². The minimum Gasteiger partial charge on any atom is -0.382 e. The molecule has 0 radical (unpaired) electrons. The lowest BCUT2D eigenvalue weighted by atomic mass is 10.0. The van der Waals surface area contributed by atoms with Gasteiger partial charge < -0.3 is 16.4 Å². The Labute approximate surface area is 206 Å². The zero-order chi connectivity index (χ0) is 27.0. The van der Waals surface area contributed by atoms with Gasteiger partial charge in [0.15, 0.2) is 16.6 Å². The first-order chi connectivity index (χ1) is 17.3. The van der Waals surface area contributed by atoms with Gasteiger partial charge >= 0.3 is 18.4 Å². The van der Waals surface area contributed by atoms with Crippen molar-refractivity contribution in [3.63, 3.8) is 0 Å². The number of aromatic nitrogens is 4. The molecule has 3 heterocycles. The quantitative estimate of drug-likeness (QED) is 0.275. The average Bonchev–Trinajstić information content (AvgIpc) is 3.43. The third-order valence-electron chi connectivity index (χ3n) is 4.74. The summed E-state index contributed by atoms with van der Waals surface area (Å²) in [6, 6.07) is 4.83. The van der Waals surface area contributed by atoms with Crippen molar-refractivity contribution in [2.45, 2.75) is 12.4 Å². The maximum atomic E-state index is 12.7. The van der Waals surface area contributed by atoms with Crippen molar-refractivity contribution in [1.29, 1.82) is 0 Å². The number of thiazole rings is 1. The van der Waals surface area contributed by atoms with Crippen LogP contribution < -0.4 is 21.7 Å². The first-order valence-electron chi connectivity index (χ1n) is 10.00. The SMILES string of the molecule is Nc1ncnn2cc(C(=O)NCC(F)(F)F)c(-c3ccc(NC(=O)Nc4nc(C(F)(F)F)cs4)cc3)c12. The number of hydrogen-bond donors (Lipinski definition) is 4. The van der Waals surface area contributed by atoms with Crippen molar-refractivity contribution in [3.05, 3.63) is 53.4 Å². The number of nitrogen functional groups attached to an aromatic ring is 1. The Bertz CT molecular complexity index is 1460. The van der Waals surface area contributed by atoms with E-state index in [1.54, 1.807) is 5.32 Å². The van der Waals surface area contributed by atoms with Crippen LogP contribution in [0.25, 0.3) is 16.6 Å². The topological polar surface area (TPSA) is 139 Å². The average molecular weight is 544 g/mol. The molecule has 5 N–H and O–H groups in total. The van der Waals surface area contributed by atoms with E-state index in [2.05, 4.69) is 25.7 Å². The number of carbonyl (C=O) groups is 2. The minimum absolute atomic E-state index is 0.0388. The van der Waals surface area contributed by atoms with E-state index >= 15 is 0 Å². The van der Waals surface area contributed by atoms with E-state index in [0.29, 0.717) is 16.9 Å². The normalized spacial score (nSPS) is 11.9. The number of nitrogens with two attached hydrogens (primary N) is 1. The van der Waals surface area contributed by atoms with Gasteiger partial charge in [-0.2, -0.15) is 31.4 Å². The highest BCUT2D eigenvalue weighted by molar-refractivity contribution is 7.14. The number of halogens is 6. The molecule has 0 bridgehead atoms. The number of rotatable bonds is 5. The fourth-order valence-electron chi connectivity index (χ4n) is 3.22. The van der Waals surface area contributed by atoms with Crippen LogP contribution in [0.3, 0.4) is 0 Å². The van der Waals surface area contributed by atoms with Gasteiger partial charge in [0, 0.05) is 22.8 Å². The Balaban J connectivity index is 1.57. The number of fused-ring (bicyclic) bond motifs is 1. The zero-order valence-electron chi connectivity index (χ0n) is 18.1. The van der Waals surface area contributed by atoms with Crippen LogP contribution in [0.15, 0.2) is 42.2 Å². The molecular weight excluding hydrogens is 530 g/mol. The summed E-state index contributed by atoms with van der Waals surface area (Å²) < 4.78 is 77.0. The zero-order valence-corrected chi connectivity index (χ0v) is 18.9. The molecule has 0 aliphatic heterocycles. The maximum absolute atomic E-state index is 12.7. The van der Waals surface area contributed by atoms with Crippen LogP contribution in [0, 0.1) is 0 Å². The van der Waals surface area contributed by atoms with Crippen molar-refractivity contribution < 1.29 is 35.9 Å². The van der Waals surface area contributed by atoms with Crippen LogP contribution in [-0.4, -0.2) is 44.2 Å². The largest absolute Gasteiger partial charge is 0.434 e. The molecule has 0 spiro atoms. The first kappa shape index (κ1) is 25.7. The second-order valence-electron chi connectivity index (χ2n) is 7.35. The lowest BCUT2D eigenvalue weighted by molar-refractivity contribution is -0.140. The van der Waals surface area contributed by atoms with Gasteiger partial charge in [-0.25, -0.2) is 19.3 Å². The third kappa shape index (κ3) is 5.88. The van der Waals surface area contributed by atoms with E-state index in [0.717, 1.165) is 11.7 Å². The monoisotopic (exact) mass is 544 g/mol. The number of benzene rings is 1. The summed E-state index contributed by atoms with van der Waals surface area (Å²) in [5, 5.41) is 10.8. The number of urea groups is 1. The molecule has 0 atom stereocenters. The Morgan fingerprint density at radius 2 is 1.76 bits per heavy atom. The Morgan fingerprint density at radius 3 is 2.38 bits per heavy atom. The lowest BCUT2D eigenvalue weighted by Crippen LogP contribution is -2.33. The van der Waals surface area contributed by atoms with E-state index in [1.165, 1.54) is 35.0 Å². The van der Waals surface area contributed by atoms with Crippen molar-refractivity contribution in [2.75, 3.05) is 22.9 Å². The number of nitrogens with zero attached hydrogens (tertiary/aromatic N) is 4. The fraction of sp³-hybridized carbons (Fsp3) is 0.150. The summed E-state index contributed by atoms with van der Waals surface area (Å²) in [5.41, 5.74) is 5.49. The molecule has 0 saturated heterocycles. The van der Waals surface area contributed by atoms with Gasteiger partial charge in [-0.3, -0.25) is 10.1 Å². The molecule has 4 rings (SSSR count). The molecule has 0 saturated carbocycles. The highest BCUT2D eigenvalue weighted by atomic mass is 32.1. The van der Waals surface area contributed by atoms with Gasteiger partial charge in [-0.1, -0.05) is 12.1 Å². The highest BCUT2D eigenvalue weighted by Gasteiger charge is 2.34. The second-order valence-corrected chi connectivity index (χ2v) is 8.20. The second kappa shape index (κ2) is 9.57. The van der Waals surface area contributed by atoms with E-state index in [9.17, 15) is 35.9 Å². The molecule has 0 aliphatic rings. The van der Waals surface area contributed by atoms with Gasteiger partial charge in [-0.05, 0) is 17.7 Å². The smallest absolute Gasteiger partial charge is 0.382 e. The predicted molar refractivity (Wildman–Crippen MR) is 121 cm³/mol. The summed E-state index contributed by atoms with van der Waals surface area (Å²) in [4.78, 5) is 31.9. The van der Waals surface area contributed by atoms with E-state index in [4.69, 9.17) is 5.73 Å². The van der Waals surface area contributed by atoms with Crippen molar-refractivity contribution in [3.8, 4) is 11.1 Å². The Kier molecular flexibility index (Phi) is 6.64. The first-order valence-corrected chi connectivity index (χ1v) is 10.9. The molecule has 4 aromatic rings. The van der Waals surface area contributed by atoms with Gasteiger partial charge in [-0.15, -0.1) is 11.3 Å². The van der Waals surface area contributed by atoms with Crippen molar-refractivity contribution >= 4 is 45.4 Å². The number of amides is 3. The maximum Gasteiger partial charge on any atom is 0.434 e. The van der Waals surface area contributed by atoms with Crippen LogP contribution >= 0.6 is 11.3 Å². The van der Waals surface area contributed by atoms with Gasteiger partial charge in [0.1, 0.15) is 18.4 Å². The molecule has 37 heavy (non-hydrogen) atoms. The number of anilines is 3. The van der Waals surface area contributed by atoms with E-state index in [-0.39, 0.29) is 33.3 Å². The summed E-state index contributed by atoms with van der Waals surface area (Å²) in [6.07, 6.45) is -6.97. The van der Waals surface area contributed by atoms with Crippen molar-refractivity contribution in [2.24, 2.45) is 0 Å². The fourth-order valence-corrected chi connectivity index (χ4v) is 3.93. The highest BCUT2D eigenvalue weighted by Crippen LogP contribution is 2.34. The standard InChI is InChI=1S/C20H14F6N8O2S/c21-19(22,23)7-28-16(35)11-5-34-14(15(27)29-8-30-34)13(11)9-1-3-10(4-2-9)31-17(36)33-18-32-12(6-37-18)20(24,25)26/h1-6,8H,7H2,(H,28,35)(H2,27,29,30)(H2,31,32,33,36). The van der Waals surface area contributed by atoms with Gasteiger partial charge in [0.2, 0.25) is 0 Å². The van der Waals surface area contributed by atoms with Crippen LogP contribution in [0.2, 0.25) is 0 Å². The molecule has 3 amide bonds. The Hall–Kier alpha value is -4.41. The van der Waals surface area contributed by atoms with Crippen LogP contribution in [0.4, 0.5) is 47.8 Å². The summed E-state index contributed by atoms with van der Waals surface area (Å²) in [5.74, 6) is -1.07. The van der Waals surface area contributed by atoms with Crippen LogP contribution in [0.1, 0.15) is 16.1 Å². The molecule has 194 valence electrons. The van der Waals surface area contributed by atoms with E-state index < -0.39 is 36.5 Å². The number of nitrogens with one attached hydrogen (secondary N) is 3. The third-order valence-corrected chi connectivity index (χ3v) is 5.50. The summed E-state index contributed by atoms with van der Waals surface area (Å²) in [6.45, 7) is -1.56. The molecule has 0 unspecified atom stereocenters. The number of alkyl halides is 6. The van der Waals surface area contributed by atoms with Crippen LogP contribution in [-0.2, 0) is 6.18 Å². The molecule has 0 fully saturated rings. The molecule has 3 aromatic heterocycles. The number of carbonyl (C=O) groups excluding carboxylic acids is 2. The number of hydrogen-bond acceptors (Lipinski definition) is 7. The van der Waals surface area contributed by atoms with Crippen molar-refractivity contribution in [1.82, 2.24) is 24.9 Å². The van der Waals surface area contributed by atoms with Crippen LogP contribution in [0.5, 0.6) is 0 Å². The molecule has 10 nitrogen and oxygen atoms in total. The molecule has 0 aliphatic carbocycles. The molecular formula is C20H14F6N8O2S. The molecule has 17 heteroatoms. The molecule has 1 aromatic carbocycles.